The second kappa shape index (κ2) is 8.10. The van der Waals surface area contributed by atoms with Gasteiger partial charge in [-0.05, 0) is 48.0 Å². The van der Waals surface area contributed by atoms with Gasteiger partial charge in [0.1, 0.15) is 0 Å². The molecule has 5 nitrogen and oxygen atoms in total. The first kappa shape index (κ1) is 18.1. The lowest BCUT2D eigenvalue weighted by Gasteiger charge is -2.12. The van der Waals surface area contributed by atoms with Crippen LogP contribution in [0, 0.1) is 0 Å². The fourth-order valence-electron chi connectivity index (χ4n) is 2.60. The molecule has 26 heavy (non-hydrogen) atoms. The van der Waals surface area contributed by atoms with E-state index in [1.165, 1.54) is 4.90 Å². The predicted molar refractivity (Wildman–Crippen MR) is 102 cm³/mol. The van der Waals surface area contributed by atoms with E-state index in [2.05, 4.69) is 0 Å². The highest BCUT2D eigenvalue weighted by molar-refractivity contribution is 8.18. The highest BCUT2D eigenvalue weighted by Gasteiger charge is 2.34. The van der Waals surface area contributed by atoms with Crippen molar-refractivity contribution < 1.29 is 19.1 Å². The van der Waals surface area contributed by atoms with Crippen molar-refractivity contribution in [1.82, 2.24) is 4.90 Å². The molecule has 0 aromatic heterocycles. The van der Waals surface area contributed by atoms with Gasteiger partial charge in [0.25, 0.3) is 11.1 Å². The molecular weight excluding hydrogens is 350 g/mol. The van der Waals surface area contributed by atoms with Gasteiger partial charge in [0.2, 0.25) is 0 Å². The Bertz CT molecular complexity index is 848. The van der Waals surface area contributed by atoms with Crippen LogP contribution in [0.5, 0.6) is 11.5 Å². The van der Waals surface area contributed by atoms with E-state index >= 15 is 0 Å². The first-order valence-electron chi connectivity index (χ1n) is 8.22. The van der Waals surface area contributed by atoms with E-state index in [-0.39, 0.29) is 17.7 Å². The molecule has 2 aromatic carbocycles. The van der Waals surface area contributed by atoms with Gasteiger partial charge in [-0.2, -0.15) is 0 Å². The summed E-state index contributed by atoms with van der Waals surface area (Å²) in [6, 6.07) is 14.9. The fraction of sp³-hybridized carbons (Fsp3) is 0.200. The quantitative estimate of drug-likeness (QED) is 0.710. The van der Waals surface area contributed by atoms with Crippen LogP contribution < -0.4 is 9.47 Å². The van der Waals surface area contributed by atoms with Crippen molar-refractivity contribution >= 4 is 29.0 Å². The van der Waals surface area contributed by atoms with E-state index in [1.54, 1.807) is 25.3 Å². The minimum absolute atomic E-state index is 0.261. The van der Waals surface area contributed by atoms with Crippen molar-refractivity contribution in [2.75, 3.05) is 13.7 Å². The molecular formula is C20H19NO4S. The van der Waals surface area contributed by atoms with Crippen LogP contribution in [-0.4, -0.2) is 29.8 Å². The van der Waals surface area contributed by atoms with Crippen LogP contribution >= 0.6 is 11.8 Å². The van der Waals surface area contributed by atoms with Gasteiger partial charge in [0.05, 0.1) is 25.2 Å². The molecule has 134 valence electrons. The third-order valence-corrected chi connectivity index (χ3v) is 4.75. The first-order valence-corrected chi connectivity index (χ1v) is 9.04. The number of benzene rings is 2. The van der Waals surface area contributed by atoms with E-state index in [4.69, 9.17) is 9.47 Å². The molecule has 6 heteroatoms. The lowest BCUT2D eigenvalue weighted by atomic mass is 10.1. The molecule has 1 fully saturated rings. The van der Waals surface area contributed by atoms with E-state index in [0.29, 0.717) is 23.0 Å². The third-order valence-electron chi connectivity index (χ3n) is 3.84. The molecule has 0 saturated carbocycles. The molecule has 0 radical (unpaired) electrons. The Morgan fingerprint density at radius 3 is 2.54 bits per heavy atom. The number of methoxy groups -OCH3 is 1. The number of thioether (sulfide) groups is 1. The molecule has 0 atom stereocenters. The van der Waals surface area contributed by atoms with Crippen molar-refractivity contribution in [3.63, 3.8) is 0 Å². The number of rotatable bonds is 6. The van der Waals surface area contributed by atoms with Gasteiger partial charge in [0, 0.05) is 0 Å². The molecule has 1 saturated heterocycles. The summed E-state index contributed by atoms with van der Waals surface area (Å²) in [4.78, 5) is 26.5. The minimum atomic E-state index is -0.281. The van der Waals surface area contributed by atoms with Crippen LogP contribution in [0.4, 0.5) is 4.79 Å². The summed E-state index contributed by atoms with van der Waals surface area (Å²) in [5.74, 6) is 0.949. The van der Waals surface area contributed by atoms with Gasteiger partial charge >= 0.3 is 0 Å². The summed E-state index contributed by atoms with van der Waals surface area (Å²) in [5, 5.41) is -0.261. The van der Waals surface area contributed by atoms with Crippen molar-refractivity contribution in [2.45, 2.75) is 13.5 Å². The van der Waals surface area contributed by atoms with Crippen LogP contribution in [0.3, 0.4) is 0 Å². The predicted octanol–water partition coefficient (Wildman–Crippen LogP) is 4.33. The molecule has 3 rings (SSSR count). The summed E-state index contributed by atoms with van der Waals surface area (Å²) in [7, 11) is 1.56. The number of amides is 2. The third kappa shape index (κ3) is 3.91. The number of hydrogen-bond donors (Lipinski definition) is 0. The number of ether oxygens (including phenoxy) is 2. The Kier molecular flexibility index (Phi) is 5.63. The second-order valence-electron chi connectivity index (χ2n) is 5.60. The number of carbonyl (C=O) groups is 2. The maximum atomic E-state index is 12.6. The van der Waals surface area contributed by atoms with Gasteiger partial charge < -0.3 is 9.47 Å². The van der Waals surface area contributed by atoms with Crippen molar-refractivity contribution in [1.29, 1.82) is 0 Å². The Morgan fingerprint density at radius 1 is 1.08 bits per heavy atom. The highest BCUT2D eigenvalue weighted by atomic mass is 32.2. The molecule has 2 amide bonds. The average Bonchev–Trinajstić information content (AvgIpc) is 2.91. The standard InChI is InChI=1S/C20H19NO4S/c1-3-25-16-10-9-15(11-17(16)24-2)12-18-19(22)21(20(23)26-18)13-14-7-5-4-6-8-14/h4-12H,3,13H2,1-2H3. The molecule has 1 aliphatic heterocycles. The topological polar surface area (TPSA) is 55.8 Å². The largest absolute Gasteiger partial charge is 0.493 e. The van der Waals surface area contributed by atoms with E-state index in [9.17, 15) is 9.59 Å². The molecule has 0 N–H and O–H groups in total. The van der Waals surface area contributed by atoms with Gasteiger partial charge in [-0.15, -0.1) is 0 Å². The molecule has 0 unspecified atom stereocenters. The van der Waals surface area contributed by atoms with Crippen LogP contribution in [0.1, 0.15) is 18.1 Å². The van der Waals surface area contributed by atoms with Crippen LogP contribution in [0.25, 0.3) is 6.08 Å². The van der Waals surface area contributed by atoms with Crippen molar-refractivity contribution in [3.05, 3.63) is 64.6 Å². The zero-order valence-corrected chi connectivity index (χ0v) is 15.4. The van der Waals surface area contributed by atoms with E-state index in [1.807, 2.05) is 43.3 Å². The Labute approximate surface area is 156 Å². The van der Waals surface area contributed by atoms with Crippen LogP contribution in [0.15, 0.2) is 53.4 Å². The Balaban J connectivity index is 1.81. The molecule has 0 spiro atoms. The summed E-state index contributed by atoms with van der Waals surface area (Å²) in [5.41, 5.74) is 1.69. The lowest BCUT2D eigenvalue weighted by Crippen LogP contribution is -2.27. The maximum absolute atomic E-state index is 12.6. The van der Waals surface area contributed by atoms with E-state index < -0.39 is 0 Å². The van der Waals surface area contributed by atoms with Crippen molar-refractivity contribution in [3.8, 4) is 11.5 Å². The summed E-state index contributed by atoms with van der Waals surface area (Å²) >= 11 is 0.950. The molecule has 0 aliphatic carbocycles. The maximum Gasteiger partial charge on any atom is 0.293 e. The SMILES string of the molecule is CCOc1ccc(C=C2SC(=O)N(Cc3ccccc3)C2=O)cc1OC. The fourth-order valence-corrected chi connectivity index (χ4v) is 3.44. The van der Waals surface area contributed by atoms with Crippen LogP contribution in [-0.2, 0) is 11.3 Å². The highest BCUT2D eigenvalue weighted by Crippen LogP contribution is 2.35. The lowest BCUT2D eigenvalue weighted by molar-refractivity contribution is -0.123. The number of carbonyl (C=O) groups excluding carboxylic acids is 2. The summed E-state index contributed by atoms with van der Waals surface area (Å²) < 4.78 is 10.8. The van der Waals surface area contributed by atoms with Gasteiger partial charge in [-0.1, -0.05) is 36.4 Å². The van der Waals surface area contributed by atoms with Gasteiger partial charge in [0.15, 0.2) is 11.5 Å². The smallest absolute Gasteiger partial charge is 0.293 e. The van der Waals surface area contributed by atoms with Gasteiger partial charge in [-0.25, -0.2) is 0 Å². The number of imide groups is 1. The average molecular weight is 369 g/mol. The molecule has 1 aliphatic rings. The van der Waals surface area contributed by atoms with Gasteiger partial charge in [-0.3, -0.25) is 14.5 Å². The van der Waals surface area contributed by atoms with Crippen LogP contribution in [0.2, 0.25) is 0 Å². The summed E-state index contributed by atoms with van der Waals surface area (Å²) in [6.45, 7) is 2.71. The zero-order valence-electron chi connectivity index (χ0n) is 14.6. The summed E-state index contributed by atoms with van der Waals surface area (Å²) in [6.07, 6.45) is 1.70. The van der Waals surface area contributed by atoms with Crippen molar-refractivity contribution in [2.24, 2.45) is 0 Å². The monoisotopic (exact) mass is 369 g/mol. The number of hydrogen-bond acceptors (Lipinski definition) is 5. The second-order valence-corrected chi connectivity index (χ2v) is 6.59. The molecule has 0 bridgehead atoms. The minimum Gasteiger partial charge on any atom is -0.493 e. The van der Waals surface area contributed by atoms with E-state index in [0.717, 1.165) is 22.9 Å². The zero-order chi connectivity index (χ0) is 18.5. The molecule has 2 aromatic rings. The first-order chi connectivity index (χ1) is 12.6. The number of nitrogens with zero attached hydrogens (tertiary/aromatic N) is 1. The molecule has 1 heterocycles. The Morgan fingerprint density at radius 2 is 1.85 bits per heavy atom. The normalized spacial score (nSPS) is 15.6. The Hall–Kier alpha value is -2.73.